The zero-order valence-corrected chi connectivity index (χ0v) is 18.2. The predicted molar refractivity (Wildman–Crippen MR) is 113 cm³/mol. The minimum Gasteiger partial charge on any atom is -0.299 e. The van der Waals surface area contributed by atoms with Crippen molar-refractivity contribution in [1.29, 1.82) is 0 Å². The van der Waals surface area contributed by atoms with Gasteiger partial charge in [-0.2, -0.15) is 13.2 Å². The third-order valence-electron chi connectivity index (χ3n) is 5.10. The van der Waals surface area contributed by atoms with Crippen LogP contribution in [0.2, 0.25) is 0 Å². The first-order chi connectivity index (χ1) is 15.0. The summed E-state index contributed by atoms with van der Waals surface area (Å²) in [7, 11) is -3.84. The van der Waals surface area contributed by atoms with Crippen LogP contribution >= 0.6 is 0 Å². The number of hydrogen-bond acceptors (Lipinski definition) is 4. The number of aryl methyl sites for hydroxylation is 3. The molecular formula is C22H19F3N4O2S. The van der Waals surface area contributed by atoms with Gasteiger partial charge >= 0.3 is 6.18 Å². The van der Waals surface area contributed by atoms with Crippen LogP contribution in [-0.4, -0.2) is 26.9 Å². The van der Waals surface area contributed by atoms with Gasteiger partial charge in [-0.1, -0.05) is 0 Å². The van der Waals surface area contributed by atoms with Crippen molar-refractivity contribution < 1.29 is 21.6 Å². The summed E-state index contributed by atoms with van der Waals surface area (Å²) in [6.45, 7) is 5.05. The quantitative estimate of drug-likeness (QED) is 0.434. The summed E-state index contributed by atoms with van der Waals surface area (Å²) >= 11 is 0. The van der Waals surface area contributed by atoms with E-state index >= 15 is 0 Å². The molecule has 4 rings (SSSR count). The second-order valence-electron chi connectivity index (χ2n) is 7.33. The van der Waals surface area contributed by atoms with Crippen molar-refractivity contribution in [2.75, 3.05) is 0 Å². The zero-order valence-electron chi connectivity index (χ0n) is 17.4. The lowest BCUT2D eigenvalue weighted by Gasteiger charge is -2.13. The summed E-state index contributed by atoms with van der Waals surface area (Å²) < 4.78 is 68.8. The fourth-order valence-electron chi connectivity index (χ4n) is 3.54. The van der Waals surface area contributed by atoms with Crippen molar-refractivity contribution in [3.05, 3.63) is 83.7 Å². The molecule has 0 radical (unpaired) electrons. The molecule has 0 aliphatic carbocycles. The first-order valence-electron chi connectivity index (χ1n) is 9.59. The molecule has 0 amide bonds. The number of imidazole rings is 1. The Morgan fingerprint density at radius 3 is 2.09 bits per heavy atom. The average Bonchev–Trinajstić information content (AvgIpc) is 3.32. The number of alkyl halides is 3. The Bertz CT molecular complexity index is 1380. The van der Waals surface area contributed by atoms with E-state index in [4.69, 9.17) is 0 Å². The van der Waals surface area contributed by atoms with Gasteiger partial charge in [-0.05, 0) is 69.3 Å². The van der Waals surface area contributed by atoms with E-state index in [0.29, 0.717) is 28.3 Å². The van der Waals surface area contributed by atoms with Gasteiger partial charge in [0.2, 0.25) is 0 Å². The largest absolute Gasteiger partial charge is 0.434 e. The van der Waals surface area contributed by atoms with Gasteiger partial charge in [0.05, 0.1) is 4.90 Å². The van der Waals surface area contributed by atoms with E-state index in [2.05, 4.69) is 9.97 Å². The minimum absolute atomic E-state index is 0.0268. The molecule has 0 atom stereocenters. The Morgan fingerprint density at radius 2 is 1.53 bits per heavy atom. The van der Waals surface area contributed by atoms with E-state index in [1.54, 1.807) is 51.2 Å². The monoisotopic (exact) mass is 460 g/mol. The van der Waals surface area contributed by atoms with E-state index in [0.717, 1.165) is 6.20 Å². The molecule has 0 aliphatic rings. The SMILES string of the molecule is Cc1ncccc1-c1nc(C(F)(F)F)cn1-c1ccc(S(=O)(=O)n2c(C)ccc2C)cc1. The van der Waals surface area contributed by atoms with Gasteiger partial charge in [0.1, 0.15) is 5.82 Å². The molecule has 10 heteroatoms. The van der Waals surface area contributed by atoms with Crippen molar-refractivity contribution in [2.45, 2.75) is 31.8 Å². The molecule has 0 spiro atoms. The van der Waals surface area contributed by atoms with Gasteiger partial charge < -0.3 is 0 Å². The first kappa shape index (κ1) is 21.8. The number of halogens is 3. The Balaban J connectivity index is 1.83. The number of pyridine rings is 1. The van der Waals surface area contributed by atoms with E-state index in [9.17, 15) is 21.6 Å². The molecule has 0 unspecified atom stereocenters. The normalized spacial score (nSPS) is 12.3. The first-order valence-corrected chi connectivity index (χ1v) is 11.0. The molecule has 6 nitrogen and oxygen atoms in total. The van der Waals surface area contributed by atoms with Gasteiger partial charge in [0.15, 0.2) is 5.69 Å². The number of benzene rings is 1. The fraction of sp³-hybridized carbons (Fsp3) is 0.182. The molecule has 1 aromatic carbocycles. The van der Waals surface area contributed by atoms with Crippen LogP contribution in [0.15, 0.2) is 65.8 Å². The minimum atomic E-state index is -4.64. The molecule has 0 N–H and O–H groups in total. The molecule has 166 valence electrons. The highest BCUT2D eigenvalue weighted by atomic mass is 32.2. The van der Waals surface area contributed by atoms with Crippen molar-refractivity contribution in [2.24, 2.45) is 0 Å². The summed E-state index contributed by atoms with van der Waals surface area (Å²) in [6.07, 6.45) is -2.20. The lowest BCUT2D eigenvalue weighted by Crippen LogP contribution is -2.15. The topological polar surface area (TPSA) is 69.8 Å². The van der Waals surface area contributed by atoms with Gasteiger partial charge in [-0.25, -0.2) is 17.4 Å². The molecule has 3 heterocycles. The van der Waals surface area contributed by atoms with E-state index in [1.807, 2.05) is 0 Å². The summed E-state index contributed by atoms with van der Waals surface area (Å²) in [6, 6.07) is 12.3. The van der Waals surface area contributed by atoms with Crippen molar-refractivity contribution in [3.8, 4) is 17.1 Å². The second kappa shape index (κ2) is 7.63. The van der Waals surface area contributed by atoms with E-state index in [-0.39, 0.29) is 10.7 Å². The third-order valence-corrected chi connectivity index (χ3v) is 7.03. The molecule has 0 saturated carbocycles. The van der Waals surface area contributed by atoms with Crippen LogP contribution in [-0.2, 0) is 16.2 Å². The number of nitrogens with zero attached hydrogens (tertiary/aromatic N) is 4. The third kappa shape index (κ3) is 3.70. The van der Waals surface area contributed by atoms with Crippen LogP contribution in [0.1, 0.15) is 22.8 Å². The average molecular weight is 460 g/mol. The standard InChI is InChI=1S/C22H19F3N4O2S/c1-14-6-7-15(2)29(14)32(30,31)18-10-8-17(9-11-18)28-13-20(22(23,24)25)27-21(28)19-5-4-12-26-16(19)3/h4-13H,1-3H3. The Labute approximate surface area is 183 Å². The number of rotatable bonds is 4. The van der Waals surface area contributed by atoms with Crippen molar-refractivity contribution in [1.82, 2.24) is 18.5 Å². The fourth-order valence-corrected chi connectivity index (χ4v) is 5.11. The highest BCUT2D eigenvalue weighted by Gasteiger charge is 2.35. The molecule has 0 bridgehead atoms. The summed E-state index contributed by atoms with van der Waals surface area (Å²) in [4.78, 5) is 7.96. The van der Waals surface area contributed by atoms with Crippen LogP contribution < -0.4 is 0 Å². The predicted octanol–water partition coefficient (Wildman–Crippen LogP) is 4.92. The molecule has 0 fully saturated rings. The Kier molecular flexibility index (Phi) is 5.20. The molecular weight excluding hydrogens is 441 g/mol. The summed E-state index contributed by atoms with van der Waals surface area (Å²) in [5.41, 5.74) is 1.37. The van der Waals surface area contributed by atoms with E-state index < -0.39 is 21.9 Å². The maximum Gasteiger partial charge on any atom is 0.434 e. The molecule has 0 aliphatic heterocycles. The van der Waals surface area contributed by atoms with Crippen molar-refractivity contribution in [3.63, 3.8) is 0 Å². The maximum absolute atomic E-state index is 13.4. The number of hydrogen-bond donors (Lipinski definition) is 0. The van der Waals surface area contributed by atoms with Gasteiger partial charge in [0.25, 0.3) is 10.0 Å². The summed E-state index contributed by atoms with van der Waals surface area (Å²) in [5, 5.41) is 0. The summed E-state index contributed by atoms with van der Waals surface area (Å²) in [5.74, 6) is 0.0654. The highest BCUT2D eigenvalue weighted by molar-refractivity contribution is 7.90. The molecule has 0 saturated heterocycles. The van der Waals surface area contributed by atoms with E-state index in [1.165, 1.54) is 32.8 Å². The maximum atomic E-state index is 13.4. The van der Waals surface area contributed by atoms with Crippen LogP contribution in [0.4, 0.5) is 13.2 Å². The van der Waals surface area contributed by atoms with Crippen LogP contribution in [0, 0.1) is 20.8 Å². The van der Waals surface area contributed by atoms with Crippen LogP contribution in [0.25, 0.3) is 17.1 Å². The van der Waals surface area contributed by atoms with Gasteiger partial charge in [-0.15, -0.1) is 0 Å². The molecule has 3 aromatic heterocycles. The van der Waals surface area contributed by atoms with Gasteiger partial charge in [0, 0.05) is 40.7 Å². The van der Waals surface area contributed by atoms with Crippen LogP contribution in [0.3, 0.4) is 0 Å². The second-order valence-corrected chi connectivity index (χ2v) is 9.12. The number of aromatic nitrogens is 4. The Hall–Kier alpha value is -3.40. The smallest absolute Gasteiger partial charge is 0.299 e. The lowest BCUT2D eigenvalue weighted by molar-refractivity contribution is -0.140. The van der Waals surface area contributed by atoms with Crippen LogP contribution in [0.5, 0.6) is 0 Å². The molecule has 4 aromatic rings. The Morgan fingerprint density at radius 1 is 0.906 bits per heavy atom. The highest BCUT2D eigenvalue weighted by Crippen LogP contribution is 2.33. The zero-order chi connectivity index (χ0) is 23.3. The molecule has 32 heavy (non-hydrogen) atoms. The lowest BCUT2D eigenvalue weighted by atomic mass is 10.2. The van der Waals surface area contributed by atoms with Gasteiger partial charge in [-0.3, -0.25) is 9.55 Å². The van der Waals surface area contributed by atoms with Crippen molar-refractivity contribution >= 4 is 10.0 Å².